The summed E-state index contributed by atoms with van der Waals surface area (Å²) in [5.74, 6) is 0. The van der Waals surface area contributed by atoms with Crippen LogP contribution in [0.4, 0.5) is 45.5 Å². The third kappa shape index (κ3) is 21.5. The normalized spacial score (nSPS) is 10.8. The minimum atomic E-state index is 0. The van der Waals surface area contributed by atoms with Crippen LogP contribution in [0.5, 0.6) is 0 Å². The second-order valence-corrected chi connectivity index (χ2v) is 31.0. The monoisotopic (exact) mass is 1880 g/mol. The van der Waals surface area contributed by atoms with Gasteiger partial charge in [0.05, 0.1) is 116 Å². The van der Waals surface area contributed by atoms with E-state index >= 15 is 0 Å². The number of rotatable bonds is 24. The summed E-state index contributed by atoms with van der Waals surface area (Å²) in [7, 11) is 16.5. The Morgan fingerprint density at radius 3 is 0.461 bits per heavy atom. The van der Waals surface area contributed by atoms with Crippen LogP contribution in [0, 0.1) is 0 Å². The van der Waals surface area contributed by atoms with Gasteiger partial charge in [0.2, 0.25) is 0 Å². The van der Waals surface area contributed by atoms with E-state index in [1.54, 1.807) is 0 Å². The number of para-hydroxylation sites is 8. The molecule has 0 saturated carbocycles. The van der Waals surface area contributed by atoms with Crippen LogP contribution >= 0.6 is 0 Å². The summed E-state index contributed by atoms with van der Waals surface area (Å²) in [5, 5.41) is 44.4. The average molecular weight is 1880 g/mol. The summed E-state index contributed by atoms with van der Waals surface area (Å²) < 4.78 is 0. The number of pyridine rings is 8. The van der Waals surface area contributed by atoms with Gasteiger partial charge in [-0.05, 0) is 97.1 Å². The van der Waals surface area contributed by atoms with E-state index in [9.17, 15) is 0 Å². The van der Waals surface area contributed by atoms with Crippen LogP contribution in [0.2, 0.25) is 0 Å². The molecule has 28 heteroatoms. The fraction of sp³-hybridized carbons (Fsp3) is 0.160. The molecule has 0 unspecified atom stereocenters. The topological polar surface area (TPSA) is 237 Å². The van der Waals surface area contributed by atoms with E-state index in [0.29, 0.717) is 52.4 Å². The van der Waals surface area contributed by atoms with E-state index < -0.39 is 0 Å². The van der Waals surface area contributed by atoms with Crippen LogP contribution in [0.25, 0.3) is 87.2 Å². The molecule has 0 aliphatic rings. The molecule has 0 spiro atoms. The molecule has 0 radical (unpaired) electrons. The molecule has 20 aromatic rings. The molecule has 8 aromatic carbocycles. The largest absolute Gasteiger partial charge is 1.00 e. The van der Waals surface area contributed by atoms with Crippen molar-refractivity contribution in [2.75, 3.05) is 95.6 Å². The van der Waals surface area contributed by atoms with Crippen molar-refractivity contribution in [1.29, 1.82) is 0 Å². The van der Waals surface area contributed by atoms with Crippen LogP contribution in [-0.2, 0) is 121 Å². The molecule has 0 N–H and O–H groups in total. The number of fused-ring (bicyclic) bond motifs is 8. The molecule has 0 aliphatic heterocycles. The van der Waals surface area contributed by atoms with Crippen LogP contribution < -0.4 is 59.6 Å². The van der Waals surface area contributed by atoms with Crippen LogP contribution in [0.1, 0.15) is 45.6 Å². The Morgan fingerprint density at radius 2 is 0.312 bits per heavy atom. The van der Waals surface area contributed by atoms with Crippen molar-refractivity contribution in [3.63, 3.8) is 0 Å². The van der Waals surface area contributed by atoms with Gasteiger partial charge >= 0.3 is 68.3 Å². The quantitative estimate of drug-likeness (QED) is 0.0511. The molecule has 0 aliphatic carbocycles. The molecule has 12 heterocycles. The third-order valence-electron chi connectivity index (χ3n) is 21.9. The SMILES string of the molecule is CN(Cc1cc(CN(C)c2cccc3cccnc23)[n-]n1)c1cccc2cccnc12.CN(Cc1cc(CN(C)c2cccc3cccnc23)[n-]n1)c1cccc2cccnc12.CN(Cc1cc(CN(C)c2cccc3cccnc23)[n-]n1)c1cccc2cccnc12.CN(Cc1cc(CN(C)c2cccc3cccnc23)[n-]n1)c1cccc2cccnc12.[Cu+].[Cu+].[Cu+].[Cu+]. The molecule has 20 rings (SSSR count). The minimum Gasteiger partial charge on any atom is -0.577 e. The number of anilines is 8. The van der Waals surface area contributed by atoms with Crippen molar-refractivity contribution in [1.82, 2.24) is 80.7 Å². The zero-order valence-electron chi connectivity index (χ0n) is 71.6. The number of aromatic nitrogens is 16. The molecular formula is C100H92Cu4N24. The maximum absolute atomic E-state index is 4.56. The van der Waals surface area contributed by atoms with Gasteiger partial charge < -0.3 is 80.0 Å². The van der Waals surface area contributed by atoms with Gasteiger partial charge in [0.15, 0.2) is 0 Å². The first-order valence-electron chi connectivity index (χ1n) is 41.1. The van der Waals surface area contributed by atoms with Gasteiger partial charge in [-0.15, -0.1) is 22.8 Å². The second kappa shape index (κ2) is 43.0. The van der Waals surface area contributed by atoms with Gasteiger partial charge in [0, 0.05) is 198 Å². The molecule has 656 valence electrons. The van der Waals surface area contributed by atoms with E-state index in [1.165, 1.54) is 0 Å². The fourth-order valence-corrected chi connectivity index (χ4v) is 15.9. The Bertz CT molecular complexity index is 5780. The van der Waals surface area contributed by atoms with Crippen molar-refractivity contribution >= 4 is 133 Å². The third-order valence-corrected chi connectivity index (χ3v) is 21.9. The number of hydrogen-bond acceptors (Lipinski definition) is 20. The maximum Gasteiger partial charge on any atom is 1.00 e. The molecule has 24 nitrogen and oxygen atoms in total. The van der Waals surface area contributed by atoms with Gasteiger partial charge in [-0.2, -0.15) is 0 Å². The summed E-state index contributed by atoms with van der Waals surface area (Å²) in [5.41, 5.74) is 24.2. The zero-order valence-corrected chi connectivity index (χ0v) is 75.4. The van der Waals surface area contributed by atoms with E-state index in [2.05, 4.69) is 395 Å². The second-order valence-electron chi connectivity index (χ2n) is 31.0. The van der Waals surface area contributed by atoms with Gasteiger partial charge in [-0.1, -0.05) is 170 Å². The maximum atomic E-state index is 4.56. The summed E-state index contributed by atoms with van der Waals surface area (Å²) >= 11 is 0. The Morgan fingerprint density at radius 1 is 0.180 bits per heavy atom. The van der Waals surface area contributed by atoms with Gasteiger partial charge in [0.25, 0.3) is 0 Å². The summed E-state index contributed by atoms with van der Waals surface area (Å²) in [4.78, 5) is 53.8. The van der Waals surface area contributed by atoms with Gasteiger partial charge in [-0.25, -0.2) is 0 Å². The Labute approximate surface area is 785 Å². The Kier molecular flexibility index (Phi) is 30.9. The van der Waals surface area contributed by atoms with Crippen molar-refractivity contribution in [2.24, 2.45) is 0 Å². The number of hydrogen-bond donors (Lipinski definition) is 0. The molecule has 0 saturated heterocycles. The van der Waals surface area contributed by atoms with Crippen LogP contribution in [0.3, 0.4) is 0 Å². The first-order chi connectivity index (χ1) is 60.7. The van der Waals surface area contributed by atoms with Crippen molar-refractivity contribution in [3.8, 4) is 0 Å². The van der Waals surface area contributed by atoms with E-state index in [-0.39, 0.29) is 68.3 Å². The summed E-state index contributed by atoms with van der Waals surface area (Å²) in [6.45, 7) is 5.35. The van der Waals surface area contributed by atoms with Crippen LogP contribution in [0.15, 0.2) is 316 Å². The fourth-order valence-electron chi connectivity index (χ4n) is 15.9. The van der Waals surface area contributed by atoms with Gasteiger partial charge in [-0.3, -0.25) is 39.9 Å². The standard InChI is InChI=1S/4C25H23N6.4Cu/c4*1-30(22-11-3-7-18-9-5-13-26-24(18)22)16-20-15-21(29-28-20)17-31(2)23-12-4-8-19-10-6-14-27-25(19)23;;;;/h4*3-15H,16-17H2,1-2H3;;;;/q4*-1;4*+1. The Balaban J connectivity index is 0.000000144. The van der Waals surface area contributed by atoms with Crippen molar-refractivity contribution in [3.05, 3.63) is 362 Å². The smallest absolute Gasteiger partial charge is 0.577 e. The molecule has 0 amide bonds. The molecule has 0 atom stereocenters. The molecule has 0 bridgehead atoms. The van der Waals surface area contributed by atoms with E-state index in [1.807, 2.05) is 98.1 Å². The molecule has 0 fully saturated rings. The van der Waals surface area contributed by atoms with E-state index in [0.717, 1.165) is 178 Å². The number of nitrogens with zero attached hydrogens (tertiary/aromatic N) is 24. The first-order valence-corrected chi connectivity index (χ1v) is 41.1. The summed E-state index contributed by atoms with van der Waals surface area (Å²) in [6.07, 6.45) is 14.7. The van der Waals surface area contributed by atoms with Gasteiger partial charge in [0.1, 0.15) is 0 Å². The van der Waals surface area contributed by atoms with Crippen molar-refractivity contribution in [2.45, 2.75) is 52.4 Å². The van der Waals surface area contributed by atoms with Crippen molar-refractivity contribution < 1.29 is 68.3 Å². The van der Waals surface area contributed by atoms with Crippen LogP contribution in [-0.4, -0.2) is 117 Å². The van der Waals surface area contributed by atoms with E-state index in [4.69, 9.17) is 0 Å². The number of benzene rings is 8. The Hall–Kier alpha value is -13.6. The average Bonchev–Trinajstić information content (AvgIpc) is 1.49. The molecule has 128 heavy (non-hydrogen) atoms. The minimum absolute atomic E-state index is 0. The first kappa shape index (κ1) is 92.0. The summed E-state index contributed by atoms with van der Waals surface area (Å²) in [6, 6.07) is 90.5. The molecule has 12 aromatic heterocycles. The molecular weight excluding hydrogens is 1790 g/mol. The predicted molar refractivity (Wildman–Crippen MR) is 501 cm³/mol. The predicted octanol–water partition coefficient (Wildman–Crippen LogP) is 17.6. The zero-order chi connectivity index (χ0) is 84.8.